The number of H-pyrrole nitrogens is 1. The highest BCUT2D eigenvalue weighted by atomic mass is 16.5. The molecule has 0 spiro atoms. The molecule has 3 rings (SSSR count). The van der Waals surface area contributed by atoms with Crippen molar-refractivity contribution in [3.8, 4) is 0 Å². The Morgan fingerprint density at radius 2 is 2.53 bits per heavy atom. The molecule has 3 atom stereocenters. The second kappa shape index (κ2) is 3.61. The van der Waals surface area contributed by atoms with Gasteiger partial charge in [0.05, 0.1) is 24.2 Å². The average Bonchev–Trinajstić information content (AvgIpc) is 2.90. The first-order chi connectivity index (χ1) is 7.33. The largest absolute Gasteiger partial charge is 0.373 e. The third-order valence-electron chi connectivity index (χ3n) is 3.57. The topological polar surface area (TPSA) is 49.9 Å². The molecule has 4 nitrogen and oxygen atoms in total. The minimum Gasteiger partial charge on any atom is -0.373 e. The highest BCUT2D eigenvalue weighted by Gasteiger charge is 2.40. The molecule has 0 radical (unpaired) electrons. The van der Waals surface area contributed by atoms with Gasteiger partial charge in [-0.05, 0) is 26.2 Å². The third kappa shape index (κ3) is 1.68. The molecule has 1 aromatic heterocycles. The van der Waals surface area contributed by atoms with Gasteiger partial charge >= 0.3 is 0 Å². The fraction of sp³-hybridized carbons (Fsp3) is 0.727. The quantitative estimate of drug-likeness (QED) is 0.781. The smallest absolute Gasteiger partial charge is 0.0925 e. The molecule has 2 fully saturated rings. The first kappa shape index (κ1) is 9.36. The SMILES string of the molecule is Cc1[nH]cnc1CNC1CC2CCC1O2. The van der Waals surface area contributed by atoms with E-state index < -0.39 is 0 Å². The van der Waals surface area contributed by atoms with Gasteiger partial charge in [-0.15, -0.1) is 0 Å². The number of aromatic nitrogens is 2. The van der Waals surface area contributed by atoms with Gasteiger partial charge in [-0.1, -0.05) is 0 Å². The molecule has 0 saturated carbocycles. The average molecular weight is 207 g/mol. The van der Waals surface area contributed by atoms with Gasteiger partial charge in [-0.25, -0.2) is 4.98 Å². The lowest BCUT2D eigenvalue weighted by atomic mass is 9.95. The second-order valence-corrected chi connectivity index (χ2v) is 4.57. The van der Waals surface area contributed by atoms with Crippen molar-refractivity contribution in [3.05, 3.63) is 17.7 Å². The Morgan fingerprint density at radius 1 is 1.60 bits per heavy atom. The van der Waals surface area contributed by atoms with Gasteiger partial charge in [0.1, 0.15) is 0 Å². The van der Waals surface area contributed by atoms with Crippen LogP contribution in [0.4, 0.5) is 0 Å². The summed E-state index contributed by atoms with van der Waals surface area (Å²) in [6.07, 6.45) is 6.38. The normalized spacial score (nSPS) is 33.8. The number of imidazole rings is 1. The van der Waals surface area contributed by atoms with Gasteiger partial charge < -0.3 is 15.0 Å². The fourth-order valence-corrected chi connectivity index (χ4v) is 2.65. The molecule has 0 aliphatic carbocycles. The van der Waals surface area contributed by atoms with Gasteiger partial charge in [0, 0.05) is 18.3 Å². The Kier molecular flexibility index (Phi) is 2.25. The molecule has 1 aromatic rings. The molecular weight excluding hydrogens is 190 g/mol. The van der Waals surface area contributed by atoms with Crippen molar-refractivity contribution >= 4 is 0 Å². The van der Waals surface area contributed by atoms with Crippen molar-refractivity contribution in [1.82, 2.24) is 15.3 Å². The highest BCUT2D eigenvalue weighted by molar-refractivity contribution is 5.08. The number of fused-ring (bicyclic) bond motifs is 2. The number of ether oxygens (including phenoxy) is 1. The van der Waals surface area contributed by atoms with Crippen LogP contribution in [0.15, 0.2) is 6.33 Å². The lowest BCUT2D eigenvalue weighted by molar-refractivity contribution is 0.0972. The van der Waals surface area contributed by atoms with Crippen LogP contribution in [-0.2, 0) is 11.3 Å². The third-order valence-corrected chi connectivity index (χ3v) is 3.57. The monoisotopic (exact) mass is 207 g/mol. The van der Waals surface area contributed by atoms with Gasteiger partial charge in [-0.3, -0.25) is 0 Å². The predicted octanol–water partition coefficient (Wildman–Crippen LogP) is 1.13. The van der Waals surface area contributed by atoms with E-state index in [0.29, 0.717) is 18.2 Å². The number of rotatable bonds is 3. The molecule has 2 aliphatic rings. The van der Waals surface area contributed by atoms with Crippen molar-refractivity contribution in [2.24, 2.45) is 0 Å². The van der Waals surface area contributed by atoms with Crippen LogP contribution in [0, 0.1) is 6.92 Å². The van der Waals surface area contributed by atoms with E-state index in [1.54, 1.807) is 6.33 Å². The summed E-state index contributed by atoms with van der Waals surface area (Å²) < 4.78 is 5.79. The van der Waals surface area contributed by atoms with Crippen molar-refractivity contribution in [2.75, 3.05) is 0 Å². The zero-order valence-electron chi connectivity index (χ0n) is 8.99. The maximum atomic E-state index is 5.79. The Bertz CT molecular complexity index is 349. The van der Waals surface area contributed by atoms with Crippen LogP contribution in [0.1, 0.15) is 30.7 Å². The molecule has 2 N–H and O–H groups in total. The maximum Gasteiger partial charge on any atom is 0.0925 e. The Hall–Kier alpha value is -0.870. The molecule has 3 heterocycles. The Morgan fingerprint density at radius 3 is 3.13 bits per heavy atom. The van der Waals surface area contributed by atoms with Gasteiger partial charge in [-0.2, -0.15) is 0 Å². The molecular formula is C11H17N3O. The van der Waals surface area contributed by atoms with E-state index in [9.17, 15) is 0 Å². The van der Waals surface area contributed by atoms with E-state index in [2.05, 4.69) is 22.2 Å². The lowest BCUT2D eigenvalue weighted by Crippen LogP contribution is -2.37. The van der Waals surface area contributed by atoms with Crippen molar-refractivity contribution < 1.29 is 4.74 Å². The zero-order chi connectivity index (χ0) is 10.3. The van der Waals surface area contributed by atoms with Crippen LogP contribution in [0.2, 0.25) is 0 Å². The summed E-state index contributed by atoms with van der Waals surface area (Å²) in [6.45, 7) is 2.91. The first-order valence-corrected chi connectivity index (χ1v) is 5.70. The summed E-state index contributed by atoms with van der Waals surface area (Å²) in [5.41, 5.74) is 2.28. The Balaban J connectivity index is 1.57. The van der Waals surface area contributed by atoms with E-state index >= 15 is 0 Å². The molecule has 2 bridgehead atoms. The van der Waals surface area contributed by atoms with Crippen LogP contribution in [0.5, 0.6) is 0 Å². The summed E-state index contributed by atoms with van der Waals surface area (Å²) in [5, 5.41) is 3.55. The van der Waals surface area contributed by atoms with E-state index in [4.69, 9.17) is 4.74 Å². The number of hydrogen-bond acceptors (Lipinski definition) is 3. The molecule has 2 saturated heterocycles. The molecule has 15 heavy (non-hydrogen) atoms. The van der Waals surface area contributed by atoms with Crippen LogP contribution < -0.4 is 5.32 Å². The fourth-order valence-electron chi connectivity index (χ4n) is 2.65. The molecule has 0 amide bonds. The maximum absolute atomic E-state index is 5.79. The predicted molar refractivity (Wildman–Crippen MR) is 56.5 cm³/mol. The molecule has 3 unspecified atom stereocenters. The number of aryl methyl sites for hydroxylation is 1. The minimum absolute atomic E-state index is 0.453. The summed E-state index contributed by atoms with van der Waals surface area (Å²) in [5.74, 6) is 0. The Labute approximate surface area is 89.4 Å². The summed E-state index contributed by atoms with van der Waals surface area (Å²) >= 11 is 0. The van der Waals surface area contributed by atoms with Gasteiger partial charge in [0.15, 0.2) is 0 Å². The van der Waals surface area contributed by atoms with Crippen molar-refractivity contribution in [1.29, 1.82) is 0 Å². The summed E-state index contributed by atoms with van der Waals surface area (Å²) in [4.78, 5) is 7.38. The van der Waals surface area contributed by atoms with Gasteiger partial charge in [0.2, 0.25) is 0 Å². The highest BCUT2D eigenvalue weighted by Crippen LogP contribution is 2.34. The number of nitrogens with one attached hydrogen (secondary N) is 2. The minimum atomic E-state index is 0.453. The lowest BCUT2D eigenvalue weighted by Gasteiger charge is -2.19. The number of aromatic amines is 1. The van der Waals surface area contributed by atoms with Crippen LogP contribution in [0.25, 0.3) is 0 Å². The van der Waals surface area contributed by atoms with Crippen LogP contribution in [0.3, 0.4) is 0 Å². The zero-order valence-corrected chi connectivity index (χ0v) is 8.99. The molecule has 2 aliphatic heterocycles. The van der Waals surface area contributed by atoms with Crippen LogP contribution in [-0.4, -0.2) is 28.2 Å². The second-order valence-electron chi connectivity index (χ2n) is 4.57. The van der Waals surface area contributed by atoms with Crippen LogP contribution >= 0.6 is 0 Å². The van der Waals surface area contributed by atoms with Crippen molar-refractivity contribution in [2.45, 2.75) is 51.0 Å². The molecule has 0 aromatic carbocycles. The van der Waals surface area contributed by atoms with E-state index in [-0.39, 0.29) is 0 Å². The van der Waals surface area contributed by atoms with E-state index in [0.717, 1.165) is 17.9 Å². The summed E-state index contributed by atoms with van der Waals surface area (Å²) in [6, 6.07) is 0.542. The van der Waals surface area contributed by atoms with Crippen molar-refractivity contribution in [3.63, 3.8) is 0 Å². The number of nitrogens with zero attached hydrogens (tertiary/aromatic N) is 1. The molecule has 4 heteroatoms. The van der Waals surface area contributed by atoms with E-state index in [1.807, 2.05) is 0 Å². The summed E-state index contributed by atoms with van der Waals surface area (Å²) in [7, 11) is 0. The molecule has 82 valence electrons. The van der Waals surface area contributed by atoms with Gasteiger partial charge in [0.25, 0.3) is 0 Å². The van der Waals surface area contributed by atoms with E-state index in [1.165, 1.54) is 19.3 Å². The first-order valence-electron chi connectivity index (χ1n) is 5.70. The standard InChI is InChI=1S/C11H17N3O/c1-7-10(14-6-13-7)5-12-9-4-8-2-3-11(9)15-8/h6,8-9,11-12H,2-5H2,1H3,(H,13,14). The number of hydrogen-bond donors (Lipinski definition) is 2.